The van der Waals surface area contributed by atoms with E-state index >= 15 is 0 Å². The van der Waals surface area contributed by atoms with Crippen LogP contribution in [0.15, 0.2) is 29.8 Å². The van der Waals surface area contributed by atoms with E-state index in [1.54, 1.807) is 19.2 Å². The molecular formula is C26H37FN4O3. The number of piperidine rings is 1. The van der Waals surface area contributed by atoms with E-state index < -0.39 is 0 Å². The summed E-state index contributed by atoms with van der Waals surface area (Å²) in [5.41, 5.74) is 8.98. The molecule has 0 spiro atoms. The zero-order valence-electron chi connectivity index (χ0n) is 20.0. The molecule has 1 aromatic carbocycles. The van der Waals surface area contributed by atoms with Crippen LogP contribution in [0.3, 0.4) is 0 Å². The van der Waals surface area contributed by atoms with E-state index in [0.29, 0.717) is 42.5 Å². The number of rotatable bonds is 6. The van der Waals surface area contributed by atoms with Crippen LogP contribution in [-0.4, -0.2) is 62.3 Å². The Morgan fingerprint density at radius 2 is 2.21 bits per heavy atom. The summed E-state index contributed by atoms with van der Waals surface area (Å²) in [4.78, 5) is 15.5. The minimum absolute atomic E-state index is 0.0490. The number of nitrogens with one attached hydrogen (secondary N) is 3. The minimum atomic E-state index is -0.241. The Hall–Kier alpha value is -2.00. The molecule has 5 atom stereocenters. The summed E-state index contributed by atoms with van der Waals surface area (Å²) < 4.78 is 25.3. The summed E-state index contributed by atoms with van der Waals surface area (Å²) in [7, 11) is 1.57. The molecule has 7 nitrogen and oxygen atoms in total. The maximum Gasteiger partial charge on any atom is 0.223 e. The number of hydrogen-bond donors (Lipinski definition) is 3. The average molecular weight is 473 g/mol. The van der Waals surface area contributed by atoms with Gasteiger partial charge in [-0.15, -0.1) is 0 Å². The van der Waals surface area contributed by atoms with Gasteiger partial charge in [0, 0.05) is 42.7 Å². The van der Waals surface area contributed by atoms with Crippen molar-refractivity contribution in [2.75, 3.05) is 33.4 Å². The van der Waals surface area contributed by atoms with Crippen molar-refractivity contribution in [1.29, 1.82) is 0 Å². The number of carbonyl (C=O) groups is 1. The molecule has 34 heavy (non-hydrogen) atoms. The molecule has 3 aliphatic heterocycles. The third-order valence-corrected chi connectivity index (χ3v) is 8.05. The topological polar surface area (TPSA) is 74.9 Å². The van der Waals surface area contributed by atoms with E-state index in [0.717, 1.165) is 58.2 Å². The highest BCUT2D eigenvalue weighted by molar-refractivity contribution is 5.79. The molecule has 3 fully saturated rings. The lowest BCUT2D eigenvalue weighted by molar-refractivity contribution is -0.127. The van der Waals surface area contributed by atoms with Crippen LogP contribution in [0, 0.1) is 17.7 Å². The summed E-state index contributed by atoms with van der Waals surface area (Å²) in [6.07, 6.45) is 7.96. The van der Waals surface area contributed by atoms with Gasteiger partial charge in [-0.2, -0.15) is 0 Å². The second-order valence-electron chi connectivity index (χ2n) is 10.2. The van der Waals surface area contributed by atoms with Gasteiger partial charge in [0.15, 0.2) is 0 Å². The first-order chi connectivity index (χ1) is 16.6. The van der Waals surface area contributed by atoms with E-state index in [9.17, 15) is 9.18 Å². The van der Waals surface area contributed by atoms with E-state index in [4.69, 9.17) is 9.47 Å². The van der Waals surface area contributed by atoms with E-state index in [1.165, 1.54) is 11.6 Å². The molecule has 1 amide bonds. The second-order valence-corrected chi connectivity index (χ2v) is 10.2. The number of likely N-dealkylation sites (tertiary alicyclic amines) is 1. The molecule has 4 aliphatic rings. The summed E-state index contributed by atoms with van der Waals surface area (Å²) in [6, 6.07) is 5.78. The number of carbonyl (C=O) groups excluding carboxylic acids is 1. The molecule has 1 aliphatic carbocycles. The number of benzene rings is 1. The van der Waals surface area contributed by atoms with Gasteiger partial charge in [-0.25, -0.2) is 4.39 Å². The molecule has 8 heteroatoms. The largest absolute Gasteiger partial charge is 0.496 e. The van der Waals surface area contributed by atoms with Gasteiger partial charge in [0.1, 0.15) is 11.6 Å². The molecule has 2 saturated heterocycles. The first-order valence-corrected chi connectivity index (χ1v) is 12.7. The molecule has 186 valence electrons. The SMILES string of the molecule is COc1cccc(F)c1CN1CCC[C@@H](NC(=O)C2CCC3NNC(C4=CCOCC4)C3C2)C1. The second kappa shape index (κ2) is 10.7. The van der Waals surface area contributed by atoms with Gasteiger partial charge in [0.25, 0.3) is 0 Å². The quantitative estimate of drug-likeness (QED) is 0.553. The van der Waals surface area contributed by atoms with Gasteiger partial charge in [0.2, 0.25) is 5.91 Å². The third kappa shape index (κ3) is 5.15. The number of methoxy groups -OCH3 is 1. The molecule has 4 unspecified atom stereocenters. The number of halogens is 1. The van der Waals surface area contributed by atoms with E-state index in [-0.39, 0.29) is 23.7 Å². The Labute approximate surface area is 201 Å². The molecule has 0 radical (unpaired) electrons. The summed E-state index contributed by atoms with van der Waals surface area (Å²) >= 11 is 0. The highest BCUT2D eigenvalue weighted by atomic mass is 19.1. The number of nitrogens with zero attached hydrogens (tertiary/aromatic N) is 1. The van der Waals surface area contributed by atoms with Gasteiger partial charge < -0.3 is 14.8 Å². The number of hydrazine groups is 1. The molecular weight excluding hydrogens is 435 g/mol. The Morgan fingerprint density at radius 3 is 3.03 bits per heavy atom. The Bertz CT molecular complexity index is 910. The predicted octanol–water partition coefficient (Wildman–Crippen LogP) is 2.52. The summed E-state index contributed by atoms with van der Waals surface area (Å²) in [5, 5.41) is 3.34. The fourth-order valence-electron chi connectivity index (χ4n) is 6.23. The van der Waals surface area contributed by atoms with Crippen molar-refractivity contribution >= 4 is 5.91 Å². The van der Waals surface area contributed by atoms with Crippen LogP contribution in [-0.2, 0) is 16.1 Å². The number of hydrogen-bond acceptors (Lipinski definition) is 6. The summed E-state index contributed by atoms with van der Waals surface area (Å²) in [6.45, 7) is 3.59. The lowest BCUT2D eigenvalue weighted by Gasteiger charge is -2.36. The normalized spacial score (nSPS) is 32.1. The average Bonchev–Trinajstić information content (AvgIpc) is 3.29. The van der Waals surface area contributed by atoms with Crippen molar-refractivity contribution in [3.63, 3.8) is 0 Å². The standard InChI is InChI=1S/C26H37FN4O3/c1-33-24-6-2-5-22(27)21(24)16-31-11-3-4-19(15-31)28-26(32)18-7-8-23-20(14-18)25(30-29-23)17-9-12-34-13-10-17/h2,5-6,9,18-20,23,25,29-30H,3-4,7-8,10-16H2,1H3,(H,28,32)/t18?,19-,20?,23?,25?/m1/s1. The first-order valence-electron chi connectivity index (χ1n) is 12.7. The zero-order valence-corrected chi connectivity index (χ0v) is 20.0. The van der Waals surface area contributed by atoms with Gasteiger partial charge >= 0.3 is 0 Å². The minimum Gasteiger partial charge on any atom is -0.496 e. The van der Waals surface area contributed by atoms with Crippen molar-refractivity contribution in [1.82, 2.24) is 21.1 Å². The van der Waals surface area contributed by atoms with Crippen LogP contribution in [0.4, 0.5) is 4.39 Å². The molecule has 5 rings (SSSR count). The van der Waals surface area contributed by atoms with Gasteiger partial charge in [0.05, 0.1) is 20.3 Å². The van der Waals surface area contributed by atoms with Crippen LogP contribution in [0.2, 0.25) is 0 Å². The number of fused-ring (bicyclic) bond motifs is 1. The van der Waals surface area contributed by atoms with Gasteiger partial charge in [-0.05, 0) is 63.1 Å². The van der Waals surface area contributed by atoms with E-state index in [2.05, 4.69) is 27.1 Å². The Morgan fingerprint density at radius 1 is 1.29 bits per heavy atom. The number of amides is 1. The highest BCUT2D eigenvalue weighted by Crippen LogP contribution is 2.37. The molecule has 0 aromatic heterocycles. The van der Waals surface area contributed by atoms with Gasteiger partial charge in [-0.1, -0.05) is 17.7 Å². The van der Waals surface area contributed by atoms with Crippen molar-refractivity contribution < 1.29 is 18.7 Å². The van der Waals surface area contributed by atoms with Gasteiger partial charge in [-0.3, -0.25) is 20.5 Å². The summed E-state index contributed by atoms with van der Waals surface area (Å²) in [5.74, 6) is 1.00. The zero-order chi connectivity index (χ0) is 23.5. The molecule has 1 aromatic rings. The van der Waals surface area contributed by atoms with Crippen LogP contribution >= 0.6 is 0 Å². The fraction of sp³-hybridized carbons (Fsp3) is 0.654. The van der Waals surface area contributed by atoms with E-state index in [1.807, 2.05) is 0 Å². The van der Waals surface area contributed by atoms with Crippen molar-refractivity contribution in [2.24, 2.45) is 11.8 Å². The smallest absolute Gasteiger partial charge is 0.223 e. The molecule has 3 heterocycles. The van der Waals surface area contributed by atoms with Crippen LogP contribution in [0.25, 0.3) is 0 Å². The molecule has 3 N–H and O–H groups in total. The number of ether oxygens (including phenoxy) is 2. The van der Waals surface area contributed by atoms with Crippen LogP contribution < -0.4 is 20.9 Å². The first kappa shape index (κ1) is 23.7. The lowest BCUT2D eigenvalue weighted by Crippen LogP contribution is -2.50. The highest BCUT2D eigenvalue weighted by Gasteiger charge is 2.43. The predicted molar refractivity (Wildman–Crippen MR) is 128 cm³/mol. The maximum absolute atomic E-state index is 14.4. The third-order valence-electron chi connectivity index (χ3n) is 8.05. The Balaban J connectivity index is 1.17. The monoisotopic (exact) mass is 472 g/mol. The van der Waals surface area contributed by atoms with Crippen molar-refractivity contribution in [3.05, 3.63) is 41.2 Å². The molecule has 1 saturated carbocycles. The van der Waals surface area contributed by atoms with Crippen LogP contribution in [0.1, 0.15) is 44.1 Å². The lowest BCUT2D eigenvalue weighted by atomic mass is 9.73. The Kier molecular flexibility index (Phi) is 7.49. The van der Waals surface area contributed by atoms with Crippen molar-refractivity contribution in [2.45, 2.75) is 63.2 Å². The maximum atomic E-state index is 14.4. The van der Waals surface area contributed by atoms with Crippen LogP contribution in [0.5, 0.6) is 5.75 Å². The molecule has 0 bridgehead atoms. The van der Waals surface area contributed by atoms with Crippen molar-refractivity contribution in [3.8, 4) is 5.75 Å². The fourth-order valence-corrected chi connectivity index (χ4v) is 6.23.